The van der Waals surface area contributed by atoms with Crippen LogP contribution >= 0.6 is 0 Å². The molecule has 1 fully saturated rings. The molecule has 1 aliphatic carbocycles. The van der Waals surface area contributed by atoms with Crippen molar-refractivity contribution in [3.63, 3.8) is 0 Å². The summed E-state index contributed by atoms with van der Waals surface area (Å²) in [5.74, 6) is 1.97. The summed E-state index contributed by atoms with van der Waals surface area (Å²) in [4.78, 5) is 16.1. The number of nitrogens with one attached hydrogen (secondary N) is 2. The lowest BCUT2D eigenvalue weighted by atomic mass is 10.1. The molecule has 0 saturated heterocycles. The van der Waals surface area contributed by atoms with Crippen LogP contribution in [0.25, 0.3) is 0 Å². The zero-order valence-electron chi connectivity index (χ0n) is 10.4. The van der Waals surface area contributed by atoms with Gasteiger partial charge in [-0.2, -0.15) is 0 Å². The number of aromatic nitrogens is 1. The molecule has 1 atom stereocenters. The van der Waals surface area contributed by atoms with Crippen molar-refractivity contribution in [1.82, 2.24) is 10.3 Å². The fourth-order valence-corrected chi connectivity index (χ4v) is 1.97. The third-order valence-electron chi connectivity index (χ3n) is 3.30. The topological polar surface area (TPSA) is 54.0 Å². The molecule has 0 spiro atoms. The standard InChI is InChI=1S/C13H19N3O/c1-9(10-5-6-10)8-16-13(17)11-4-3-7-15-12(11)14-2/h3-4,7,9-10H,5-6,8H2,1-2H3,(H,14,15)(H,16,17). The second kappa shape index (κ2) is 5.17. The van der Waals surface area contributed by atoms with E-state index in [-0.39, 0.29) is 5.91 Å². The third-order valence-corrected chi connectivity index (χ3v) is 3.30. The maximum Gasteiger partial charge on any atom is 0.255 e. The first kappa shape index (κ1) is 11.9. The summed E-state index contributed by atoms with van der Waals surface area (Å²) in [6.45, 7) is 2.95. The SMILES string of the molecule is CNc1ncccc1C(=O)NCC(C)C1CC1. The molecule has 17 heavy (non-hydrogen) atoms. The van der Waals surface area contributed by atoms with Crippen LogP contribution in [0.1, 0.15) is 30.1 Å². The summed E-state index contributed by atoms with van der Waals surface area (Å²) in [6, 6.07) is 3.57. The molecule has 0 bridgehead atoms. The number of hydrogen-bond acceptors (Lipinski definition) is 3. The van der Waals surface area contributed by atoms with Crippen molar-refractivity contribution in [2.45, 2.75) is 19.8 Å². The summed E-state index contributed by atoms with van der Waals surface area (Å²) in [7, 11) is 1.77. The molecule has 1 amide bonds. The molecule has 0 radical (unpaired) electrons. The molecule has 2 rings (SSSR count). The number of pyridine rings is 1. The first-order valence-corrected chi connectivity index (χ1v) is 6.13. The summed E-state index contributed by atoms with van der Waals surface area (Å²) < 4.78 is 0. The second-order valence-electron chi connectivity index (χ2n) is 4.67. The normalized spacial score (nSPS) is 16.4. The fraction of sp³-hybridized carbons (Fsp3) is 0.538. The Bertz CT molecular complexity index is 401. The summed E-state index contributed by atoms with van der Waals surface area (Å²) in [5, 5.41) is 5.90. The number of hydrogen-bond donors (Lipinski definition) is 2. The van der Waals surface area contributed by atoms with Crippen LogP contribution in [0.2, 0.25) is 0 Å². The molecule has 4 heteroatoms. The van der Waals surface area contributed by atoms with Crippen LogP contribution < -0.4 is 10.6 Å². The van der Waals surface area contributed by atoms with Gasteiger partial charge >= 0.3 is 0 Å². The Hall–Kier alpha value is -1.58. The van der Waals surface area contributed by atoms with Crippen LogP contribution in [0.15, 0.2) is 18.3 Å². The molecule has 4 nitrogen and oxygen atoms in total. The zero-order valence-corrected chi connectivity index (χ0v) is 10.4. The van der Waals surface area contributed by atoms with Gasteiger partial charge in [-0.25, -0.2) is 4.98 Å². The van der Waals surface area contributed by atoms with Gasteiger partial charge in [0.25, 0.3) is 5.91 Å². The van der Waals surface area contributed by atoms with E-state index in [0.717, 1.165) is 12.5 Å². The van der Waals surface area contributed by atoms with E-state index in [2.05, 4.69) is 22.5 Å². The molecule has 92 valence electrons. The monoisotopic (exact) mass is 233 g/mol. The minimum Gasteiger partial charge on any atom is -0.372 e. The van der Waals surface area contributed by atoms with E-state index in [4.69, 9.17) is 0 Å². The van der Waals surface area contributed by atoms with E-state index < -0.39 is 0 Å². The number of carbonyl (C=O) groups is 1. The van der Waals surface area contributed by atoms with Gasteiger partial charge in [0.1, 0.15) is 5.82 Å². The summed E-state index contributed by atoms with van der Waals surface area (Å²) in [5.41, 5.74) is 0.609. The van der Waals surface area contributed by atoms with Gasteiger partial charge in [0, 0.05) is 19.8 Å². The number of carbonyl (C=O) groups excluding carboxylic acids is 1. The average molecular weight is 233 g/mol. The Morgan fingerprint density at radius 3 is 3.00 bits per heavy atom. The highest BCUT2D eigenvalue weighted by Crippen LogP contribution is 2.36. The Kier molecular flexibility index (Phi) is 3.61. The summed E-state index contributed by atoms with van der Waals surface area (Å²) >= 11 is 0. The van der Waals surface area contributed by atoms with E-state index in [9.17, 15) is 4.79 Å². The van der Waals surface area contributed by atoms with Gasteiger partial charge in [-0.3, -0.25) is 4.79 Å². The van der Waals surface area contributed by atoms with E-state index in [1.165, 1.54) is 12.8 Å². The van der Waals surface area contributed by atoms with Crippen LogP contribution in [-0.4, -0.2) is 24.5 Å². The number of rotatable bonds is 5. The maximum atomic E-state index is 12.0. The first-order chi connectivity index (χ1) is 8.22. The van der Waals surface area contributed by atoms with Gasteiger partial charge in [0.05, 0.1) is 5.56 Å². The average Bonchev–Trinajstić information content (AvgIpc) is 3.19. The molecular weight excluding hydrogens is 214 g/mol. The minimum atomic E-state index is -0.0463. The molecule has 1 saturated carbocycles. The number of amides is 1. The highest BCUT2D eigenvalue weighted by Gasteiger charge is 2.28. The quantitative estimate of drug-likeness (QED) is 0.816. The van der Waals surface area contributed by atoms with E-state index in [1.807, 2.05) is 0 Å². The van der Waals surface area contributed by atoms with Gasteiger partial charge in [-0.1, -0.05) is 6.92 Å². The van der Waals surface area contributed by atoms with E-state index in [1.54, 1.807) is 25.4 Å². The highest BCUT2D eigenvalue weighted by molar-refractivity contribution is 5.98. The van der Waals surface area contributed by atoms with Gasteiger partial charge in [0.15, 0.2) is 0 Å². The second-order valence-corrected chi connectivity index (χ2v) is 4.67. The fourth-order valence-electron chi connectivity index (χ4n) is 1.97. The van der Waals surface area contributed by atoms with Gasteiger partial charge in [-0.05, 0) is 36.8 Å². The third kappa shape index (κ3) is 2.96. The van der Waals surface area contributed by atoms with Crippen molar-refractivity contribution in [1.29, 1.82) is 0 Å². The Morgan fingerprint density at radius 2 is 2.35 bits per heavy atom. The van der Waals surface area contributed by atoms with Crippen molar-refractivity contribution in [3.05, 3.63) is 23.9 Å². The van der Waals surface area contributed by atoms with Gasteiger partial charge < -0.3 is 10.6 Å². The smallest absolute Gasteiger partial charge is 0.255 e. The van der Waals surface area contributed by atoms with Crippen molar-refractivity contribution in [2.75, 3.05) is 18.9 Å². The molecule has 1 aliphatic rings. The van der Waals surface area contributed by atoms with Gasteiger partial charge in [-0.15, -0.1) is 0 Å². The van der Waals surface area contributed by atoms with Crippen LogP contribution in [0.3, 0.4) is 0 Å². The lowest BCUT2D eigenvalue weighted by molar-refractivity contribution is 0.0947. The molecule has 1 aromatic rings. The van der Waals surface area contributed by atoms with Crippen molar-refractivity contribution < 1.29 is 4.79 Å². The maximum absolute atomic E-state index is 12.0. The molecule has 0 aliphatic heterocycles. The molecule has 1 aromatic heterocycles. The molecule has 1 unspecified atom stereocenters. The summed E-state index contributed by atoms with van der Waals surface area (Å²) in [6.07, 6.45) is 4.30. The van der Waals surface area contributed by atoms with Gasteiger partial charge in [0.2, 0.25) is 0 Å². The lowest BCUT2D eigenvalue weighted by Crippen LogP contribution is -2.29. The van der Waals surface area contributed by atoms with Crippen LogP contribution in [0.4, 0.5) is 5.82 Å². The van der Waals surface area contributed by atoms with Crippen LogP contribution in [0, 0.1) is 11.8 Å². The Labute approximate surface area is 102 Å². The van der Waals surface area contributed by atoms with Crippen LogP contribution in [-0.2, 0) is 0 Å². The van der Waals surface area contributed by atoms with E-state index in [0.29, 0.717) is 17.3 Å². The Morgan fingerprint density at radius 1 is 1.59 bits per heavy atom. The lowest BCUT2D eigenvalue weighted by Gasteiger charge is -2.12. The molecular formula is C13H19N3O. The molecule has 2 N–H and O–H groups in total. The minimum absolute atomic E-state index is 0.0463. The van der Waals surface area contributed by atoms with Crippen LogP contribution in [0.5, 0.6) is 0 Å². The highest BCUT2D eigenvalue weighted by atomic mass is 16.1. The van der Waals surface area contributed by atoms with Crippen molar-refractivity contribution >= 4 is 11.7 Å². The molecule has 1 heterocycles. The molecule has 0 aromatic carbocycles. The first-order valence-electron chi connectivity index (χ1n) is 6.13. The number of anilines is 1. The largest absolute Gasteiger partial charge is 0.372 e. The van der Waals surface area contributed by atoms with Crippen molar-refractivity contribution in [3.8, 4) is 0 Å². The predicted octanol–water partition coefficient (Wildman–Crippen LogP) is 1.90. The van der Waals surface area contributed by atoms with E-state index >= 15 is 0 Å². The number of nitrogens with zero attached hydrogens (tertiary/aromatic N) is 1. The Balaban J connectivity index is 1.94. The predicted molar refractivity (Wildman–Crippen MR) is 68.0 cm³/mol. The van der Waals surface area contributed by atoms with Crippen molar-refractivity contribution in [2.24, 2.45) is 11.8 Å². The zero-order chi connectivity index (χ0) is 12.3.